The van der Waals surface area contributed by atoms with Crippen molar-refractivity contribution in [3.63, 3.8) is 0 Å². The average molecular weight is 1100 g/mol. The number of hydrogen-bond acceptors (Lipinski definition) is 20. The van der Waals surface area contributed by atoms with E-state index in [0.717, 1.165) is 0 Å². The van der Waals surface area contributed by atoms with E-state index >= 15 is 9.59 Å². The summed E-state index contributed by atoms with van der Waals surface area (Å²) in [6, 6.07) is 0.00352. The predicted octanol–water partition coefficient (Wildman–Crippen LogP) is 5.09. The molecule has 0 bridgehead atoms. The molecular weight excluding hydrogens is 1000 g/mol. The number of likely N-dealkylation sites (N-methyl/N-ethyl adjacent to an activating group) is 1. The minimum absolute atomic E-state index is 0.00352. The first kappa shape index (κ1) is 64.9. The van der Waals surface area contributed by atoms with Gasteiger partial charge in [-0.1, -0.05) is 48.5 Å². The highest BCUT2D eigenvalue weighted by Crippen LogP contribution is 2.41. The summed E-state index contributed by atoms with van der Waals surface area (Å²) in [5.41, 5.74) is -1.96. The second-order valence-electron chi connectivity index (χ2n) is 24.0. The number of methoxy groups -OCH3 is 2. The third kappa shape index (κ3) is 16.4. The van der Waals surface area contributed by atoms with Gasteiger partial charge < -0.3 is 76.9 Å². The molecule has 0 unspecified atom stereocenters. The number of esters is 2. The molecule has 5 aliphatic heterocycles. The summed E-state index contributed by atoms with van der Waals surface area (Å²) in [6.07, 6.45) is -15.1. The molecule has 5 rings (SSSR count). The van der Waals surface area contributed by atoms with Crippen molar-refractivity contribution < 1.29 is 91.0 Å². The highest BCUT2D eigenvalue weighted by molar-refractivity contribution is 5.91. The van der Waals surface area contributed by atoms with Crippen LogP contribution in [0.15, 0.2) is 0 Å². The van der Waals surface area contributed by atoms with E-state index < -0.39 is 151 Å². The number of hydrogen-bond donors (Lipinski definition) is 2. The number of ether oxygens (including phenoxy) is 12. The Morgan fingerprint density at radius 3 is 1.96 bits per heavy atom. The van der Waals surface area contributed by atoms with Crippen molar-refractivity contribution in [3.05, 3.63) is 0 Å². The lowest BCUT2D eigenvalue weighted by Gasteiger charge is -2.45. The first-order chi connectivity index (χ1) is 36.0. The van der Waals surface area contributed by atoms with Crippen LogP contribution in [0.1, 0.15) is 130 Å². The van der Waals surface area contributed by atoms with Crippen molar-refractivity contribution in [1.82, 2.24) is 9.80 Å². The maximum Gasteiger partial charge on any atom is 0.410 e. The fourth-order valence-electron chi connectivity index (χ4n) is 12.1. The lowest BCUT2D eigenvalue weighted by atomic mass is 9.74. The average Bonchev–Trinajstić information content (AvgIpc) is 3.47. The molecule has 1 amide bonds. The van der Waals surface area contributed by atoms with Crippen LogP contribution in [0.4, 0.5) is 4.79 Å². The number of cyclic esters (lactones) is 1. The van der Waals surface area contributed by atoms with Gasteiger partial charge in [-0.25, -0.2) is 4.79 Å². The Kier molecular flexibility index (Phi) is 23.7. The van der Waals surface area contributed by atoms with Crippen LogP contribution in [-0.2, 0) is 76.0 Å². The molecule has 0 radical (unpaired) electrons. The van der Waals surface area contributed by atoms with E-state index in [2.05, 4.69) is 11.8 Å². The van der Waals surface area contributed by atoms with Gasteiger partial charge in [-0.05, 0) is 80.7 Å². The van der Waals surface area contributed by atoms with Crippen LogP contribution in [0.5, 0.6) is 0 Å². The van der Waals surface area contributed by atoms with Crippen molar-refractivity contribution in [1.29, 1.82) is 0 Å². The van der Waals surface area contributed by atoms with Crippen molar-refractivity contribution in [3.8, 4) is 0 Å². The molecule has 5 aliphatic rings. The molecule has 2 N–H and O–H groups in total. The first-order valence-corrected chi connectivity index (χ1v) is 28.1. The quantitative estimate of drug-likeness (QED) is 0.170. The number of aliphatic hydroxyl groups excluding tert-OH is 2. The maximum atomic E-state index is 15.9. The molecule has 0 aliphatic carbocycles. The maximum absolute atomic E-state index is 15.9. The third-order valence-corrected chi connectivity index (χ3v) is 16.4. The minimum Gasteiger partial charge on any atom is -0.461 e. The number of nitrogens with zero attached hydrogens (tertiary/aromatic N) is 2. The number of aliphatic hydroxyl groups is 2. The zero-order valence-corrected chi connectivity index (χ0v) is 49.2. The summed E-state index contributed by atoms with van der Waals surface area (Å²) in [5.74, 6) is -7.98. The SMILES string of the molecule is CO[C@@H]1[C@H](O)[C@@H](C)O[C@@H](OC[C@H](C)[C@H]2OC(=O)[C@H](C)[C@@H](O[C@H]3C[C@@H](C)N(C)C[C@H](C)O3)[C@H](C)[C@@H](O[C@@H]3O[C@H](C)CC(=O)[C@H]3O)[C@@H](C)C[C@](C)(OC(=O)N3C[C@H](C)O[C@@H](C)C3)C(=O)[C@H](C)[C@H](OC(=O)CC(C)C)[C@H]2C)[C@@H]1OC. The van der Waals surface area contributed by atoms with Crippen molar-refractivity contribution in [2.24, 2.45) is 41.4 Å². The van der Waals surface area contributed by atoms with Gasteiger partial charge in [0.1, 0.15) is 30.5 Å². The zero-order valence-electron chi connectivity index (χ0n) is 49.2. The van der Waals surface area contributed by atoms with Crippen LogP contribution in [0.25, 0.3) is 0 Å². The van der Waals surface area contributed by atoms with Crippen molar-refractivity contribution in [2.75, 3.05) is 47.5 Å². The van der Waals surface area contributed by atoms with Gasteiger partial charge in [0.2, 0.25) is 0 Å². The molecule has 0 aromatic carbocycles. The van der Waals surface area contributed by atoms with E-state index in [9.17, 15) is 24.6 Å². The second-order valence-corrected chi connectivity index (χ2v) is 24.0. The Bertz CT molecular complexity index is 1940. The fourth-order valence-corrected chi connectivity index (χ4v) is 12.1. The first-order valence-electron chi connectivity index (χ1n) is 28.1. The molecule has 0 aromatic rings. The Morgan fingerprint density at radius 2 is 1.35 bits per heavy atom. The van der Waals surface area contributed by atoms with E-state index in [1.54, 1.807) is 55.4 Å². The van der Waals surface area contributed by atoms with Gasteiger partial charge in [-0.15, -0.1) is 0 Å². The molecule has 21 heteroatoms. The van der Waals surface area contributed by atoms with Gasteiger partial charge in [0.05, 0.1) is 74.3 Å². The highest BCUT2D eigenvalue weighted by Gasteiger charge is 2.53. The lowest BCUT2D eigenvalue weighted by molar-refractivity contribution is -0.305. The number of ketones is 2. The molecular formula is C56H96N2O19. The van der Waals surface area contributed by atoms with Crippen LogP contribution < -0.4 is 0 Å². The largest absolute Gasteiger partial charge is 0.461 e. The van der Waals surface area contributed by atoms with Gasteiger partial charge >= 0.3 is 18.0 Å². The van der Waals surface area contributed by atoms with Crippen LogP contribution in [0, 0.1) is 41.4 Å². The number of carbonyl (C=O) groups is 5. The van der Waals surface area contributed by atoms with E-state index in [1.165, 1.54) is 19.1 Å². The van der Waals surface area contributed by atoms with Gasteiger partial charge in [-0.2, -0.15) is 0 Å². The summed E-state index contributed by atoms with van der Waals surface area (Å²) in [6.45, 7) is 27.7. The minimum atomic E-state index is -1.96. The molecule has 77 heavy (non-hydrogen) atoms. The van der Waals surface area contributed by atoms with Crippen molar-refractivity contribution >= 4 is 29.6 Å². The third-order valence-electron chi connectivity index (χ3n) is 16.4. The predicted molar refractivity (Wildman–Crippen MR) is 279 cm³/mol. The molecule has 5 saturated heterocycles. The van der Waals surface area contributed by atoms with Gasteiger partial charge in [0, 0.05) is 63.8 Å². The standard InChI is InChI=1S/C56H96N2O19/c1-27(2)19-41(60)73-47-36(11)46(29(4)26-68-54-50(67-18)49(66-17)43(61)39(14)72-54)75-52(64)38(13)48(74-42-20-30(5)57(16)23-32(7)70-42)35(10)45(76-53-44(62)40(59)21-31(6)71-53)28(3)22-56(15,51(63)37(47)12)77-55(65)58-24-33(8)69-34(9)25-58/h27-39,42-50,53-54,61-62H,19-26H2,1-18H3/t28-,29-,30+,31+,32-,33-,34-,35+,36-,37+,38+,39+,42-,43+,44+,45-,46+,47+,48-,49+,50+,53-,54+,56-/m0/s1. The number of carbonyl (C=O) groups excluding carboxylic acids is 5. The monoisotopic (exact) mass is 1100 g/mol. The fraction of sp³-hybridized carbons (Fsp3) is 0.911. The van der Waals surface area contributed by atoms with E-state index in [1.807, 2.05) is 48.6 Å². The summed E-state index contributed by atoms with van der Waals surface area (Å²) >= 11 is 0. The molecule has 5 fully saturated rings. The number of rotatable bonds is 14. The molecule has 444 valence electrons. The Hall–Kier alpha value is -2.93. The van der Waals surface area contributed by atoms with Gasteiger partial charge in [-0.3, -0.25) is 19.2 Å². The van der Waals surface area contributed by atoms with Gasteiger partial charge in [0.15, 0.2) is 42.1 Å². The van der Waals surface area contributed by atoms with Crippen molar-refractivity contribution in [2.45, 2.75) is 239 Å². The molecule has 5 heterocycles. The topological polar surface area (TPSA) is 243 Å². The molecule has 21 nitrogen and oxygen atoms in total. The lowest BCUT2D eigenvalue weighted by Crippen LogP contribution is -2.59. The summed E-state index contributed by atoms with van der Waals surface area (Å²) in [5, 5.41) is 22.3. The van der Waals surface area contributed by atoms with Crippen LogP contribution in [0.2, 0.25) is 0 Å². The highest BCUT2D eigenvalue weighted by atomic mass is 16.7. The number of Topliss-reactive ketones (excluding diaryl/α,β-unsaturated/α-hetero) is 2. The van der Waals surface area contributed by atoms with Gasteiger partial charge in [0.25, 0.3) is 0 Å². The van der Waals surface area contributed by atoms with Crippen LogP contribution in [0.3, 0.4) is 0 Å². The van der Waals surface area contributed by atoms with E-state index in [4.69, 9.17) is 56.8 Å². The molecule has 0 saturated carbocycles. The smallest absolute Gasteiger partial charge is 0.410 e. The number of morpholine rings is 1. The van der Waals surface area contributed by atoms with E-state index in [0.29, 0.717) is 13.0 Å². The van der Waals surface area contributed by atoms with Crippen LogP contribution in [-0.4, -0.2) is 207 Å². The van der Waals surface area contributed by atoms with Crippen LogP contribution >= 0.6 is 0 Å². The molecule has 0 aromatic heterocycles. The zero-order chi connectivity index (χ0) is 57.5. The number of amides is 1. The van der Waals surface area contributed by atoms with E-state index in [-0.39, 0.29) is 69.2 Å². The Balaban J connectivity index is 1.70. The normalized spacial score (nSPS) is 43.0. The summed E-state index contributed by atoms with van der Waals surface area (Å²) < 4.78 is 76.0. The summed E-state index contributed by atoms with van der Waals surface area (Å²) in [7, 11) is 4.91. The Morgan fingerprint density at radius 1 is 0.727 bits per heavy atom. The second kappa shape index (κ2) is 28.2. The molecule has 24 atom stereocenters. The Labute approximate surface area is 457 Å². The molecule has 0 spiro atoms. The summed E-state index contributed by atoms with van der Waals surface area (Å²) in [4.78, 5) is 76.7.